The molecule has 1 aliphatic rings. The SMILES string of the molecule is CC(C)NS(=O)(=O)c1ccccc1NC1(C)CC1. The molecule has 0 saturated heterocycles. The van der Waals surface area contributed by atoms with Gasteiger partial charge in [0.15, 0.2) is 0 Å². The van der Waals surface area contributed by atoms with Crippen LogP contribution in [0.15, 0.2) is 29.2 Å². The minimum Gasteiger partial charge on any atom is -0.379 e. The lowest BCUT2D eigenvalue weighted by atomic mass is 10.2. The summed E-state index contributed by atoms with van der Waals surface area (Å²) in [7, 11) is -3.45. The van der Waals surface area contributed by atoms with Crippen molar-refractivity contribution < 1.29 is 8.42 Å². The number of para-hydroxylation sites is 1. The van der Waals surface area contributed by atoms with Crippen LogP contribution in [0.1, 0.15) is 33.6 Å². The fourth-order valence-corrected chi connectivity index (χ4v) is 3.23. The number of benzene rings is 1. The van der Waals surface area contributed by atoms with E-state index in [1.807, 2.05) is 26.0 Å². The van der Waals surface area contributed by atoms with E-state index in [1.165, 1.54) is 0 Å². The smallest absolute Gasteiger partial charge is 0.242 e. The van der Waals surface area contributed by atoms with Crippen molar-refractivity contribution in [3.63, 3.8) is 0 Å². The highest BCUT2D eigenvalue weighted by molar-refractivity contribution is 7.89. The average Bonchev–Trinajstić information content (AvgIpc) is 2.94. The molecule has 0 bridgehead atoms. The Balaban J connectivity index is 2.32. The number of anilines is 1. The van der Waals surface area contributed by atoms with E-state index in [-0.39, 0.29) is 11.6 Å². The van der Waals surface area contributed by atoms with Crippen LogP contribution in [0.3, 0.4) is 0 Å². The van der Waals surface area contributed by atoms with Crippen LogP contribution >= 0.6 is 0 Å². The monoisotopic (exact) mass is 268 g/mol. The molecule has 0 aliphatic heterocycles. The Morgan fingerprint density at radius 1 is 1.22 bits per heavy atom. The zero-order chi connectivity index (χ0) is 13.4. The highest BCUT2D eigenvalue weighted by atomic mass is 32.2. The van der Waals surface area contributed by atoms with Gasteiger partial charge in [-0.15, -0.1) is 0 Å². The quantitative estimate of drug-likeness (QED) is 0.861. The van der Waals surface area contributed by atoms with E-state index in [2.05, 4.69) is 17.0 Å². The van der Waals surface area contributed by atoms with Crippen molar-refractivity contribution in [2.75, 3.05) is 5.32 Å². The first-order valence-electron chi connectivity index (χ1n) is 6.22. The van der Waals surface area contributed by atoms with E-state index >= 15 is 0 Å². The number of hydrogen-bond donors (Lipinski definition) is 2. The van der Waals surface area contributed by atoms with E-state index < -0.39 is 10.0 Å². The minimum atomic E-state index is -3.45. The van der Waals surface area contributed by atoms with E-state index in [0.29, 0.717) is 10.6 Å². The lowest BCUT2D eigenvalue weighted by molar-refractivity contribution is 0.570. The molecule has 1 aliphatic carbocycles. The molecule has 2 rings (SSSR count). The van der Waals surface area contributed by atoms with Gasteiger partial charge in [-0.25, -0.2) is 13.1 Å². The normalized spacial score (nSPS) is 17.8. The molecule has 0 spiro atoms. The molecule has 18 heavy (non-hydrogen) atoms. The molecule has 5 heteroatoms. The predicted molar refractivity (Wildman–Crippen MR) is 73.2 cm³/mol. The molecule has 0 amide bonds. The lowest BCUT2D eigenvalue weighted by Crippen LogP contribution is -2.31. The van der Waals surface area contributed by atoms with Gasteiger partial charge in [0.2, 0.25) is 10.0 Å². The molecular formula is C13H20N2O2S. The summed E-state index contributed by atoms with van der Waals surface area (Å²) < 4.78 is 27.1. The van der Waals surface area contributed by atoms with Gasteiger partial charge in [-0.3, -0.25) is 0 Å². The molecule has 4 nitrogen and oxygen atoms in total. The van der Waals surface area contributed by atoms with Crippen molar-refractivity contribution >= 4 is 15.7 Å². The summed E-state index contributed by atoms with van der Waals surface area (Å²) in [5.41, 5.74) is 0.745. The summed E-state index contributed by atoms with van der Waals surface area (Å²) in [5, 5.41) is 3.32. The maximum absolute atomic E-state index is 12.2. The maximum atomic E-state index is 12.2. The van der Waals surface area contributed by atoms with E-state index in [4.69, 9.17) is 0 Å². The number of rotatable bonds is 5. The van der Waals surface area contributed by atoms with Gasteiger partial charge in [0.1, 0.15) is 4.90 Å². The van der Waals surface area contributed by atoms with Crippen molar-refractivity contribution in [1.82, 2.24) is 4.72 Å². The molecule has 0 unspecified atom stereocenters. The van der Waals surface area contributed by atoms with Crippen molar-refractivity contribution in [1.29, 1.82) is 0 Å². The number of hydrogen-bond acceptors (Lipinski definition) is 3. The second-order valence-electron chi connectivity index (χ2n) is 5.46. The lowest BCUT2D eigenvalue weighted by Gasteiger charge is -2.18. The minimum absolute atomic E-state index is 0.0590. The second-order valence-corrected chi connectivity index (χ2v) is 7.14. The van der Waals surface area contributed by atoms with Gasteiger partial charge in [0.05, 0.1) is 5.69 Å². The first kappa shape index (κ1) is 13.4. The van der Waals surface area contributed by atoms with Crippen LogP contribution in [0.2, 0.25) is 0 Å². The topological polar surface area (TPSA) is 58.2 Å². The zero-order valence-corrected chi connectivity index (χ0v) is 11.8. The number of sulfonamides is 1. The Hall–Kier alpha value is -1.07. The Labute approximate surface area is 109 Å². The van der Waals surface area contributed by atoms with Gasteiger partial charge in [0.25, 0.3) is 0 Å². The van der Waals surface area contributed by atoms with Crippen molar-refractivity contribution in [2.24, 2.45) is 0 Å². The molecular weight excluding hydrogens is 248 g/mol. The maximum Gasteiger partial charge on any atom is 0.242 e. The van der Waals surface area contributed by atoms with Crippen LogP contribution in [0.5, 0.6) is 0 Å². The standard InChI is InChI=1S/C13H20N2O2S/c1-10(2)15-18(16,17)12-7-5-4-6-11(12)14-13(3)8-9-13/h4-7,10,14-15H,8-9H2,1-3H3. The summed E-state index contributed by atoms with van der Waals surface area (Å²) in [5.74, 6) is 0. The Kier molecular flexibility index (Phi) is 3.38. The van der Waals surface area contributed by atoms with Crippen molar-refractivity contribution in [2.45, 2.75) is 50.1 Å². The van der Waals surface area contributed by atoms with Crippen LogP contribution in [-0.4, -0.2) is 20.0 Å². The van der Waals surface area contributed by atoms with Gasteiger partial charge in [-0.05, 0) is 45.7 Å². The molecule has 1 aromatic rings. The van der Waals surface area contributed by atoms with Crippen LogP contribution in [0, 0.1) is 0 Å². The van der Waals surface area contributed by atoms with Gasteiger partial charge < -0.3 is 5.32 Å². The van der Waals surface area contributed by atoms with Gasteiger partial charge in [-0.1, -0.05) is 12.1 Å². The Bertz CT molecular complexity index is 534. The summed E-state index contributed by atoms with van der Waals surface area (Å²) in [6, 6.07) is 6.94. The molecule has 2 N–H and O–H groups in total. The largest absolute Gasteiger partial charge is 0.379 e. The van der Waals surface area contributed by atoms with Crippen LogP contribution < -0.4 is 10.0 Å². The average molecular weight is 268 g/mol. The third-order valence-electron chi connectivity index (χ3n) is 3.00. The summed E-state index contributed by atoms with van der Waals surface area (Å²) in [4.78, 5) is 0.326. The first-order chi connectivity index (χ1) is 8.32. The molecule has 100 valence electrons. The molecule has 0 aromatic heterocycles. The van der Waals surface area contributed by atoms with Gasteiger partial charge in [0, 0.05) is 11.6 Å². The highest BCUT2D eigenvalue weighted by Crippen LogP contribution is 2.39. The number of nitrogens with one attached hydrogen (secondary N) is 2. The first-order valence-corrected chi connectivity index (χ1v) is 7.70. The van der Waals surface area contributed by atoms with E-state index in [9.17, 15) is 8.42 Å². The molecule has 1 fully saturated rings. The molecule has 1 aromatic carbocycles. The zero-order valence-electron chi connectivity index (χ0n) is 11.0. The van der Waals surface area contributed by atoms with Gasteiger partial charge >= 0.3 is 0 Å². The second kappa shape index (κ2) is 4.55. The third kappa shape index (κ3) is 3.03. The van der Waals surface area contributed by atoms with Crippen molar-refractivity contribution in [3.8, 4) is 0 Å². The van der Waals surface area contributed by atoms with Gasteiger partial charge in [-0.2, -0.15) is 0 Å². The van der Waals surface area contributed by atoms with Crippen LogP contribution in [0.4, 0.5) is 5.69 Å². The molecule has 0 radical (unpaired) electrons. The fourth-order valence-electron chi connectivity index (χ4n) is 1.82. The highest BCUT2D eigenvalue weighted by Gasteiger charge is 2.38. The molecule has 0 heterocycles. The summed E-state index contributed by atoms with van der Waals surface area (Å²) >= 11 is 0. The third-order valence-corrected chi connectivity index (χ3v) is 4.72. The van der Waals surface area contributed by atoms with Crippen LogP contribution in [0.25, 0.3) is 0 Å². The fraction of sp³-hybridized carbons (Fsp3) is 0.538. The van der Waals surface area contributed by atoms with E-state index in [1.54, 1.807) is 12.1 Å². The summed E-state index contributed by atoms with van der Waals surface area (Å²) in [6.45, 7) is 5.73. The molecule has 0 atom stereocenters. The van der Waals surface area contributed by atoms with Crippen LogP contribution in [-0.2, 0) is 10.0 Å². The predicted octanol–water partition coefficient (Wildman–Crippen LogP) is 2.34. The Morgan fingerprint density at radius 3 is 2.39 bits per heavy atom. The van der Waals surface area contributed by atoms with E-state index in [0.717, 1.165) is 12.8 Å². The Morgan fingerprint density at radius 2 is 1.83 bits per heavy atom. The van der Waals surface area contributed by atoms with Crippen molar-refractivity contribution in [3.05, 3.63) is 24.3 Å². The molecule has 1 saturated carbocycles. The summed E-state index contributed by atoms with van der Waals surface area (Å²) in [6.07, 6.45) is 2.16.